The van der Waals surface area contributed by atoms with Crippen molar-refractivity contribution < 1.29 is 8.42 Å². The molecule has 188 valence electrons. The van der Waals surface area contributed by atoms with Crippen molar-refractivity contribution in [1.29, 1.82) is 0 Å². The standard InChI is InChI=1S/C26H29N5O3S2/c1-18(2)20-8-10-23(11-9-20)36(33,34)30-14-12-29(13-15-30)17-22-16-24(32)31-26(27-22)35-25(28-31)21-6-4-19(3)5-7-21/h4-11,16,18H,12-15,17H2,1-3H3. The normalized spacial score (nSPS) is 15.7. The molecule has 1 aliphatic rings. The molecule has 0 bridgehead atoms. The van der Waals surface area contributed by atoms with Crippen molar-refractivity contribution in [3.05, 3.63) is 81.8 Å². The van der Waals surface area contributed by atoms with Crippen LogP contribution in [0.25, 0.3) is 15.5 Å². The van der Waals surface area contributed by atoms with Crippen molar-refractivity contribution in [2.45, 2.75) is 38.1 Å². The number of benzene rings is 2. The number of fused-ring (bicyclic) bond motifs is 1. The molecule has 0 aliphatic carbocycles. The zero-order chi connectivity index (χ0) is 25.4. The summed E-state index contributed by atoms with van der Waals surface area (Å²) in [7, 11) is -3.53. The lowest BCUT2D eigenvalue weighted by molar-refractivity contribution is 0.180. The predicted octanol–water partition coefficient (Wildman–Crippen LogP) is 3.76. The molecule has 3 heterocycles. The molecular formula is C26H29N5O3S2. The molecule has 4 aromatic rings. The number of piperazine rings is 1. The summed E-state index contributed by atoms with van der Waals surface area (Å²) in [6, 6.07) is 16.7. The highest BCUT2D eigenvalue weighted by atomic mass is 32.2. The summed E-state index contributed by atoms with van der Waals surface area (Å²) in [5.74, 6) is 0.352. The second-order valence-electron chi connectivity index (χ2n) is 9.46. The van der Waals surface area contributed by atoms with E-state index in [1.807, 2.05) is 43.3 Å². The molecule has 0 atom stereocenters. The molecule has 1 fully saturated rings. The lowest BCUT2D eigenvalue weighted by Gasteiger charge is -2.33. The molecule has 0 unspecified atom stereocenters. The average Bonchev–Trinajstić information content (AvgIpc) is 3.30. The Kier molecular flexibility index (Phi) is 6.78. The number of nitrogens with zero attached hydrogens (tertiary/aromatic N) is 5. The third-order valence-electron chi connectivity index (χ3n) is 6.50. The van der Waals surface area contributed by atoms with Crippen LogP contribution in [0.5, 0.6) is 0 Å². The van der Waals surface area contributed by atoms with Crippen molar-refractivity contribution in [3.8, 4) is 10.6 Å². The van der Waals surface area contributed by atoms with Gasteiger partial charge in [-0.1, -0.05) is 67.1 Å². The van der Waals surface area contributed by atoms with Crippen molar-refractivity contribution in [3.63, 3.8) is 0 Å². The Morgan fingerprint density at radius 2 is 1.64 bits per heavy atom. The first-order valence-electron chi connectivity index (χ1n) is 12.0. The second-order valence-corrected chi connectivity index (χ2v) is 12.4. The van der Waals surface area contributed by atoms with E-state index in [-0.39, 0.29) is 5.56 Å². The maximum Gasteiger partial charge on any atom is 0.275 e. The zero-order valence-electron chi connectivity index (χ0n) is 20.6. The molecule has 0 saturated carbocycles. The maximum absolute atomic E-state index is 13.1. The molecule has 0 N–H and O–H groups in total. The van der Waals surface area contributed by atoms with E-state index in [9.17, 15) is 13.2 Å². The summed E-state index contributed by atoms with van der Waals surface area (Å²) in [4.78, 5) is 20.4. The Morgan fingerprint density at radius 3 is 2.28 bits per heavy atom. The predicted molar refractivity (Wildman–Crippen MR) is 142 cm³/mol. The minimum Gasteiger partial charge on any atom is -0.295 e. The summed E-state index contributed by atoms with van der Waals surface area (Å²) in [6.45, 7) is 8.62. The van der Waals surface area contributed by atoms with Crippen molar-refractivity contribution in [2.75, 3.05) is 26.2 Å². The number of sulfonamides is 1. The van der Waals surface area contributed by atoms with Crippen LogP contribution in [0.4, 0.5) is 0 Å². The monoisotopic (exact) mass is 523 g/mol. The van der Waals surface area contributed by atoms with Crippen LogP contribution in [0.1, 0.15) is 36.6 Å². The van der Waals surface area contributed by atoms with Crippen molar-refractivity contribution in [2.24, 2.45) is 0 Å². The summed E-state index contributed by atoms with van der Waals surface area (Å²) in [5, 5.41) is 5.20. The van der Waals surface area contributed by atoms with Crippen LogP contribution < -0.4 is 5.56 Å². The van der Waals surface area contributed by atoms with Gasteiger partial charge in [0.05, 0.1) is 10.6 Å². The molecule has 2 aromatic carbocycles. The van der Waals surface area contributed by atoms with Gasteiger partial charge >= 0.3 is 0 Å². The Hall–Kier alpha value is -2.92. The van der Waals surface area contributed by atoms with E-state index in [0.29, 0.717) is 54.2 Å². The van der Waals surface area contributed by atoms with Gasteiger partial charge < -0.3 is 0 Å². The average molecular weight is 524 g/mol. The van der Waals surface area contributed by atoms with Crippen LogP contribution >= 0.6 is 11.3 Å². The summed E-state index contributed by atoms with van der Waals surface area (Å²) >= 11 is 1.39. The van der Waals surface area contributed by atoms with E-state index < -0.39 is 10.0 Å². The molecule has 0 amide bonds. The van der Waals surface area contributed by atoms with Crippen molar-refractivity contribution in [1.82, 2.24) is 23.8 Å². The van der Waals surface area contributed by atoms with E-state index in [1.54, 1.807) is 12.1 Å². The van der Waals surface area contributed by atoms with E-state index in [4.69, 9.17) is 0 Å². The smallest absolute Gasteiger partial charge is 0.275 e. The molecule has 0 radical (unpaired) electrons. The maximum atomic E-state index is 13.1. The van der Waals surface area contributed by atoms with E-state index in [0.717, 1.165) is 21.7 Å². The van der Waals surface area contributed by atoms with E-state index in [1.165, 1.54) is 26.2 Å². The van der Waals surface area contributed by atoms with E-state index >= 15 is 0 Å². The quantitative estimate of drug-likeness (QED) is 0.383. The minimum absolute atomic E-state index is 0.212. The number of hydrogen-bond acceptors (Lipinski definition) is 7. The van der Waals surface area contributed by atoms with Gasteiger partial charge in [0.1, 0.15) is 5.01 Å². The van der Waals surface area contributed by atoms with Gasteiger partial charge in [0, 0.05) is 44.4 Å². The highest BCUT2D eigenvalue weighted by molar-refractivity contribution is 7.89. The third kappa shape index (κ3) is 4.99. The summed E-state index contributed by atoms with van der Waals surface area (Å²) in [5.41, 5.74) is 3.68. The third-order valence-corrected chi connectivity index (χ3v) is 9.37. The molecule has 1 aliphatic heterocycles. The van der Waals surface area contributed by atoms with Gasteiger partial charge in [-0.3, -0.25) is 9.69 Å². The lowest BCUT2D eigenvalue weighted by atomic mass is 10.0. The van der Waals surface area contributed by atoms with Gasteiger partial charge in [-0.15, -0.1) is 0 Å². The van der Waals surface area contributed by atoms with Crippen LogP contribution in [-0.2, 0) is 16.6 Å². The number of rotatable bonds is 6. The van der Waals surface area contributed by atoms with Gasteiger partial charge in [-0.25, -0.2) is 13.4 Å². The fraction of sp³-hybridized carbons (Fsp3) is 0.346. The van der Waals surface area contributed by atoms with Crippen LogP contribution in [0.3, 0.4) is 0 Å². The van der Waals surface area contributed by atoms with Gasteiger partial charge in [0.25, 0.3) is 5.56 Å². The van der Waals surface area contributed by atoms with Crippen LogP contribution in [-0.4, -0.2) is 58.4 Å². The molecule has 8 nitrogen and oxygen atoms in total. The number of aromatic nitrogens is 3. The molecule has 0 spiro atoms. The van der Waals surface area contributed by atoms with Gasteiger partial charge in [-0.2, -0.15) is 13.9 Å². The first-order chi connectivity index (χ1) is 17.2. The first kappa shape index (κ1) is 24.8. The molecule has 36 heavy (non-hydrogen) atoms. The Labute approximate surface area is 214 Å². The largest absolute Gasteiger partial charge is 0.295 e. The van der Waals surface area contributed by atoms with Crippen LogP contribution in [0.15, 0.2) is 64.3 Å². The van der Waals surface area contributed by atoms with Gasteiger partial charge in [0.15, 0.2) is 0 Å². The number of hydrogen-bond donors (Lipinski definition) is 0. The van der Waals surface area contributed by atoms with Crippen LogP contribution in [0, 0.1) is 6.92 Å². The van der Waals surface area contributed by atoms with Gasteiger partial charge in [-0.05, 0) is 30.5 Å². The zero-order valence-corrected chi connectivity index (χ0v) is 22.2. The topological polar surface area (TPSA) is 87.9 Å². The lowest BCUT2D eigenvalue weighted by Crippen LogP contribution is -2.48. The number of aryl methyl sites for hydroxylation is 1. The fourth-order valence-corrected chi connectivity index (χ4v) is 6.63. The minimum atomic E-state index is -3.53. The highest BCUT2D eigenvalue weighted by Crippen LogP contribution is 2.25. The molecule has 2 aromatic heterocycles. The Bertz CT molecular complexity index is 1530. The van der Waals surface area contributed by atoms with E-state index in [2.05, 4.69) is 28.8 Å². The second kappa shape index (κ2) is 9.85. The van der Waals surface area contributed by atoms with Crippen LogP contribution in [0.2, 0.25) is 0 Å². The molecule has 10 heteroatoms. The Balaban J connectivity index is 1.27. The van der Waals surface area contributed by atoms with Crippen molar-refractivity contribution >= 4 is 26.3 Å². The molecule has 1 saturated heterocycles. The molecular weight excluding hydrogens is 494 g/mol. The molecule has 5 rings (SSSR count). The SMILES string of the molecule is Cc1ccc(-c2nn3c(=O)cc(CN4CCN(S(=O)(=O)c5ccc(C(C)C)cc5)CC4)nc3s2)cc1. The summed E-state index contributed by atoms with van der Waals surface area (Å²) in [6.07, 6.45) is 0. The first-order valence-corrected chi connectivity index (χ1v) is 14.3. The fourth-order valence-electron chi connectivity index (χ4n) is 4.28. The summed E-state index contributed by atoms with van der Waals surface area (Å²) < 4.78 is 29.1. The highest BCUT2D eigenvalue weighted by Gasteiger charge is 2.28. The Morgan fingerprint density at radius 1 is 0.972 bits per heavy atom. The van der Waals surface area contributed by atoms with Gasteiger partial charge in [0.2, 0.25) is 15.0 Å².